The Bertz CT molecular complexity index is 1010. The van der Waals surface area contributed by atoms with E-state index in [0.717, 1.165) is 41.1 Å². The van der Waals surface area contributed by atoms with Crippen molar-refractivity contribution in [2.45, 2.75) is 53.9 Å². The molecule has 0 N–H and O–H groups in total. The molecule has 1 atom stereocenters. The lowest BCUT2D eigenvalue weighted by molar-refractivity contribution is 0.151. The molecular formula is C29H37F2NOS. The highest BCUT2D eigenvalue weighted by molar-refractivity contribution is 7.15. The number of nitrogens with zero attached hydrogens (tertiary/aromatic N) is 1. The maximum absolute atomic E-state index is 13.0. The molecule has 0 bridgehead atoms. The zero-order chi connectivity index (χ0) is 25.1. The van der Waals surface area contributed by atoms with Crippen molar-refractivity contribution in [3.05, 3.63) is 77.4 Å². The number of aryl methyl sites for hydroxylation is 1. The Morgan fingerprint density at radius 3 is 2.38 bits per heavy atom. The summed E-state index contributed by atoms with van der Waals surface area (Å²) < 4.78 is 31.2. The fourth-order valence-electron chi connectivity index (χ4n) is 4.08. The van der Waals surface area contributed by atoms with Crippen molar-refractivity contribution in [3.63, 3.8) is 0 Å². The largest absolute Gasteiger partial charge is 0.493 e. The SMILES string of the molecule is C=Cc1nc(C)sc1-c1ccccc1.CC.CC(COc1ccc(F)c(F)c1)CC1CC(C)C1. The van der Waals surface area contributed by atoms with Crippen molar-refractivity contribution in [1.82, 2.24) is 4.98 Å². The van der Waals surface area contributed by atoms with E-state index < -0.39 is 11.6 Å². The van der Waals surface area contributed by atoms with Crippen LogP contribution in [0.2, 0.25) is 0 Å². The first-order valence-corrected chi connectivity index (χ1v) is 12.9. The predicted molar refractivity (Wildman–Crippen MR) is 141 cm³/mol. The van der Waals surface area contributed by atoms with Crippen LogP contribution >= 0.6 is 11.3 Å². The number of hydrogen-bond donors (Lipinski definition) is 0. The van der Waals surface area contributed by atoms with Crippen molar-refractivity contribution < 1.29 is 13.5 Å². The minimum absolute atomic E-state index is 0.405. The maximum atomic E-state index is 13.0. The number of thiazole rings is 1. The van der Waals surface area contributed by atoms with E-state index in [1.54, 1.807) is 11.3 Å². The third-order valence-corrected chi connectivity index (χ3v) is 6.66. The highest BCUT2D eigenvalue weighted by Gasteiger charge is 2.26. The van der Waals surface area contributed by atoms with Crippen LogP contribution in [-0.4, -0.2) is 11.6 Å². The van der Waals surface area contributed by atoms with Crippen LogP contribution in [0.25, 0.3) is 16.5 Å². The molecule has 0 saturated heterocycles. The lowest BCUT2D eigenvalue weighted by atomic mass is 9.72. The summed E-state index contributed by atoms with van der Waals surface area (Å²) in [6, 6.07) is 14.0. The molecule has 3 aromatic rings. The molecule has 4 rings (SSSR count). The zero-order valence-electron chi connectivity index (χ0n) is 21.0. The van der Waals surface area contributed by atoms with E-state index in [1.165, 1.54) is 29.3 Å². The normalized spacial score (nSPS) is 17.3. The van der Waals surface area contributed by atoms with Gasteiger partial charge in [0.1, 0.15) is 5.75 Å². The van der Waals surface area contributed by atoms with Gasteiger partial charge in [-0.3, -0.25) is 0 Å². The molecule has 1 fully saturated rings. The first kappa shape index (κ1) is 27.7. The van der Waals surface area contributed by atoms with Gasteiger partial charge in [-0.15, -0.1) is 11.3 Å². The third-order valence-electron chi connectivity index (χ3n) is 5.62. The number of ether oxygens (including phenoxy) is 1. The summed E-state index contributed by atoms with van der Waals surface area (Å²) in [6.07, 6.45) is 5.60. The van der Waals surface area contributed by atoms with Crippen molar-refractivity contribution >= 4 is 17.4 Å². The number of benzene rings is 2. The second-order valence-corrected chi connectivity index (χ2v) is 9.89. The van der Waals surface area contributed by atoms with Crippen molar-refractivity contribution in [2.24, 2.45) is 17.8 Å². The van der Waals surface area contributed by atoms with Crippen LogP contribution in [0, 0.1) is 36.3 Å². The Hall–Kier alpha value is -2.53. The summed E-state index contributed by atoms with van der Waals surface area (Å²) >= 11 is 1.71. The average molecular weight is 486 g/mol. The van der Waals surface area contributed by atoms with E-state index in [2.05, 4.69) is 37.5 Å². The molecule has 1 unspecified atom stereocenters. The van der Waals surface area contributed by atoms with Crippen molar-refractivity contribution in [2.75, 3.05) is 6.61 Å². The van der Waals surface area contributed by atoms with Crippen LogP contribution < -0.4 is 4.74 Å². The Kier molecular flexibility index (Phi) is 11.4. The standard InChI is InChI=1S/C15H20F2O.C12H11NS.C2H6/c1-10-5-12(6-10)7-11(2)9-18-13-3-4-14(16)15(17)8-13;1-3-11-12(14-9(2)13-11)10-7-5-4-6-8-10;1-2/h3-4,8,10-12H,5-7,9H2,1-2H3;3-8H,1H2,2H3;1-2H3. The lowest BCUT2D eigenvalue weighted by Gasteiger charge is -2.34. The highest BCUT2D eigenvalue weighted by Crippen LogP contribution is 2.37. The second-order valence-electron chi connectivity index (χ2n) is 8.69. The third kappa shape index (κ3) is 8.35. The van der Waals surface area contributed by atoms with Crippen LogP contribution in [0.5, 0.6) is 5.75 Å². The molecule has 1 aliphatic carbocycles. The minimum Gasteiger partial charge on any atom is -0.493 e. The molecule has 1 aliphatic rings. The molecule has 184 valence electrons. The quantitative estimate of drug-likeness (QED) is 0.333. The fourth-order valence-corrected chi connectivity index (χ4v) is 5.01. The summed E-state index contributed by atoms with van der Waals surface area (Å²) in [5.41, 5.74) is 2.20. The van der Waals surface area contributed by atoms with E-state index in [-0.39, 0.29) is 0 Å². The smallest absolute Gasteiger partial charge is 0.162 e. The minimum atomic E-state index is -0.854. The first-order valence-electron chi connectivity index (χ1n) is 12.1. The van der Waals surface area contributed by atoms with Gasteiger partial charge in [0.2, 0.25) is 0 Å². The molecule has 2 aromatic carbocycles. The van der Waals surface area contributed by atoms with Crippen LogP contribution in [0.1, 0.15) is 57.7 Å². The average Bonchev–Trinajstić information content (AvgIpc) is 3.22. The molecule has 0 spiro atoms. The molecule has 2 nitrogen and oxygen atoms in total. The summed E-state index contributed by atoms with van der Waals surface area (Å²) in [5.74, 6) is 0.864. The van der Waals surface area contributed by atoms with Gasteiger partial charge in [0.15, 0.2) is 11.6 Å². The van der Waals surface area contributed by atoms with Crippen LogP contribution in [0.3, 0.4) is 0 Å². The number of halogens is 2. The fraction of sp³-hybridized carbons (Fsp3) is 0.414. The van der Waals surface area contributed by atoms with Gasteiger partial charge >= 0.3 is 0 Å². The van der Waals surface area contributed by atoms with Gasteiger partial charge < -0.3 is 4.74 Å². The van der Waals surface area contributed by atoms with E-state index in [0.29, 0.717) is 18.3 Å². The number of rotatable bonds is 7. The monoisotopic (exact) mass is 485 g/mol. The summed E-state index contributed by atoms with van der Waals surface area (Å²) in [5, 5.41) is 1.08. The summed E-state index contributed by atoms with van der Waals surface area (Å²) in [4.78, 5) is 5.61. The Labute approximate surface area is 207 Å². The first-order chi connectivity index (χ1) is 16.4. The molecule has 1 heterocycles. The number of aromatic nitrogens is 1. The lowest BCUT2D eigenvalue weighted by Crippen LogP contribution is -2.24. The molecule has 0 aliphatic heterocycles. The van der Waals surface area contributed by atoms with Gasteiger partial charge in [0.05, 0.1) is 22.2 Å². The summed E-state index contributed by atoms with van der Waals surface area (Å²) in [6.45, 7) is 14.8. The maximum Gasteiger partial charge on any atom is 0.162 e. The molecule has 34 heavy (non-hydrogen) atoms. The topological polar surface area (TPSA) is 22.1 Å². The second kappa shape index (κ2) is 14.0. The molecule has 1 saturated carbocycles. The van der Waals surface area contributed by atoms with Crippen molar-refractivity contribution in [1.29, 1.82) is 0 Å². The van der Waals surface area contributed by atoms with Crippen molar-refractivity contribution in [3.8, 4) is 16.2 Å². The zero-order valence-corrected chi connectivity index (χ0v) is 21.8. The number of hydrogen-bond acceptors (Lipinski definition) is 3. The Balaban J connectivity index is 0.000000230. The Morgan fingerprint density at radius 2 is 1.79 bits per heavy atom. The van der Waals surface area contributed by atoms with E-state index in [4.69, 9.17) is 4.74 Å². The highest BCUT2D eigenvalue weighted by atomic mass is 32.1. The van der Waals surface area contributed by atoms with Gasteiger partial charge in [0, 0.05) is 6.07 Å². The summed E-state index contributed by atoms with van der Waals surface area (Å²) in [7, 11) is 0. The van der Waals surface area contributed by atoms with Crippen LogP contribution in [0.4, 0.5) is 8.78 Å². The van der Waals surface area contributed by atoms with Crippen LogP contribution in [-0.2, 0) is 0 Å². The van der Waals surface area contributed by atoms with E-state index in [1.807, 2.05) is 45.0 Å². The van der Waals surface area contributed by atoms with Gasteiger partial charge in [-0.05, 0) is 67.7 Å². The van der Waals surface area contributed by atoms with Crippen LogP contribution in [0.15, 0.2) is 55.1 Å². The van der Waals surface area contributed by atoms with E-state index in [9.17, 15) is 8.78 Å². The molecular weight excluding hydrogens is 448 g/mol. The van der Waals surface area contributed by atoms with Gasteiger partial charge in [-0.25, -0.2) is 13.8 Å². The molecule has 1 aromatic heterocycles. The Morgan fingerprint density at radius 1 is 1.12 bits per heavy atom. The van der Waals surface area contributed by atoms with Gasteiger partial charge in [-0.1, -0.05) is 64.6 Å². The molecule has 0 amide bonds. The molecule has 0 radical (unpaired) electrons. The van der Waals surface area contributed by atoms with Gasteiger partial charge in [0.25, 0.3) is 0 Å². The predicted octanol–water partition coefficient (Wildman–Crippen LogP) is 9.20. The van der Waals surface area contributed by atoms with Gasteiger partial charge in [-0.2, -0.15) is 0 Å². The molecule has 5 heteroatoms. The van der Waals surface area contributed by atoms with E-state index >= 15 is 0 Å².